The SMILES string of the molecule is O=c1c2c3c(sc2ncn1N=Cc1ccccc1Oc1ccc(C(F)(F)F)cc1[N+](=O)[O-])CCCC3. The maximum absolute atomic E-state index is 13.1. The Morgan fingerprint density at radius 1 is 1.14 bits per heavy atom. The summed E-state index contributed by atoms with van der Waals surface area (Å²) < 4.78 is 45.7. The third-order valence-corrected chi connectivity index (χ3v) is 7.00. The molecule has 36 heavy (non-hydrogen) atoms. The van der Waals surface area contributed by atoms with Crippen LogP contribution < -0.4 is 10.3 Å². The zero-order chi connectivity index (χ0) is 25.4. The summed E-state index contributed by atoms with van der Waals surface area (Å²) in [7, 11) is 0. The Bertz CT molecular complexity index is 1580. The van der Waals surface area contributed by atoms with Gasteiger partial charge in [-0.1, -0.05) is 12.1 Å². The highest BCUT2D eigenvalue weighted by Gasteiger charge is 2.33. The molecule has 0 unspecified atom stereocenters. The molecule has 0 amide bonds. The van der Waals surface area contributed by atoms with E-state index in [1.165, 1.54) is 34.8 Å². The van der Waals surface area contributed by atoms with Crippen LogP contribution in [0.15, 0.2) is 58.7 Å². The van der Waals surface area contributed by atoms with E-state index >= 15 is 0 Å². The number of hydrogen-bond donors (Lipinski definition) is 0. The monoisotopic (exact) mass is 514 g/mol. The van der Waals surface area contributed by atoms with Crippen LogP contribution in [0.2, 0.25) is 0 Å². The number of thiophene rings is 1. The quantitative estimate of drug-likeness (QED) is 0.187. The maximum Gasteiger partial charge on any atom is 0.416 e. The second-order valence-corrected chi connectivity index (χ2v) is 9.19. The van der Waals surface area contributed by atoms with E-state index in [9.17, 15) is 28.1 Å². The maximum atomic E-state index is 13.1. The topological polar surface area (TPSA) is 99.6 Å². The summed E-state index contributed by atoms with van der Waals surface area (Å²) in [4.78, 5) is 29.8. The fourth-order valence-corrected chi connectivity index (χ4v) is 5.28. The van der Waals surface area contributed by atoms with E-state index in [-0.39, 0.29) is 17.1 Å². The number of nitrogens with zero attached hydrogens (tertiary/aromatic N) is 4. The number of benzene rings is 2. The molecule has 5 rings (SSSR count). The molecule has 0 saturated carbocycles. The molecule has 2 aromatic heterocycles. The minimum absolute atomic E-state index is 0.110. The van der Waals surface area contributed by atoms with Gasteiger partial charge in [0.2, 0.25) is 5.75 Å². The third-order valence-electron chi connectivity index (χ3n) is 5.80. The molecule has 0 aliphatic heterocycles. The Kier molecular flexibility index (Phi) is 6.04. The molecule has 0 bridgehead atoms. The molecule has 184 valence electrons. The fourth-order valence-electron chi connectivity index (χ4n) is 4.07. The Balaban J connectivity index is 1.49. The first-order valence-corrected chi connectivity index (χ1v) is 11.7. The number of rotatable bonds is 5. The lowest BCUT2D eigenvalue weighted by Gasteiger charge is -2.11. The van der Waals surface area contributed by atoms with E-state index in [0.717, 1.165) is 42.0 Å². The van der Waals surface area contributed by atoms with Gasteiger partial charge < -0.3 is 4.74 Å². The first-order valence-electron chi connectivity index (χ1n) is 10.9. The average molecular weight is 514 g/mol. The molecule has 8 nitrogen and oxygen atoms in total. The van der Waals surface area contributed by atoms with E-state index in [1.807, 2.05) is 0 Å². The highest BCUT2D eigenvalue weighted by Crippen LogP contribution is 2.38. The van der Waals surface area contributed by atoms with Crippen molar-refractivity contribution in [2.24, 2.45) is 5.10 Å². The van der Waals surface area contributed by atoms with E-state index in [2.05, 4.69) is 10.1 Å². The van der Waals surface area contributed by atoms with Crippen LogP contribution in [0.4, 0.5) is 18.9 Å². The van der Waals surface area contributed by atoms with Crippen LogP contribution in [0.3, 0.4) is 0 Å². The van der Waals surface area contributed by atoms with Crippen LogP contribution in [-0.2, 0) is 19.0 Å². The Morgan fingerprint density at radius 2 is 1.92 bits per heavy atom. The van der Waals surface area contributed by atoms with Gasteiger partial charge in [0.25, 0.3) is 5.56 Å². The van der Waals surface area contributed by atoms with Gasteiger partial charge in [-0.2, -0.15) is 22.9 Å². The van der Waals surface area contributed by atoms with Gasteiger partial charge in [0, 0.05) is 16.5 Å². The molecule has 12 heteroatoms. The van der Waals surface area contributed by atoms with Crippen molar-refractivity contribution in [3.05, 3.63) is 90.8 Å². The van der Waals surface area contributed by atoms with Gasteiger partial charge >= 0.3 is 11.9 Å². The number of nitro benzene ring substituents is 1. The molecule has 4 aromatic rings. The number of halogens is 3. The van der Waals surface area contributed by atoms with Gasteiger partial charge in [0.1, 0.15) is 16.9 Å². The minimum atomic E-state index is -4.74. The minimum Gasteiger partial charge on any atom is -0.449 e. The Morgan fingerprint density at radius 3 is 2.69 bits per heavy atom. The number of hydrogen-bond acceptors (Lipinski definition) is 7. The first kappa shape index (κ1) is 23.7. The normalized spacial score (nSPS) is 13.8. The molecule has 0 fully saturated rings. The lowest BCUT2D eigenvalue weighted by Crippen LogP contribution is -2.18. The number of alkyl halides is 3. The molecule has 0 saturated heterocycles. The molecule has 1 aliphatic carbocycles. The predicted molar refractivity (Wildman–Crippen MR) is 128 cm³/mol. The van der Waals surface area contributed by atoms with Crippen LogP contribution in [0.25, 0.3) is 10.2 Å². The molecule has 0 radical (unpaired) electrons. The first-order chi connectivity index (χ1) is 17.2. The summed E-state index contributed by atoms with van der Waals surface area (Å²) in [6, 6.07) is 8.38. The Hall–Kier alpha value is -4.06. The lowest BCUT2D eigenvalue weighted by atomic mass is 9.97. The van der Waals surface area contributed by atoms with Crippen LogP contribution in [-0.4, -0.2) is 20.8 Å². The van der Waals surface area contributed by atoms with Crippen LogP contribution in [0.1, 0.15) is 34.4 Å². The van der Waals surface area contributed by atoms with Crippen molar-refractivity contribution in [3.63, 3.8) is 0 Å². The van der Waals surface area contributed by atoms with E-state index in [0.29, 0.717) is 27.9 Å². The zero-order valence-electron chi connectivity index (χ0n) is 18.5. The van der Waals surface area contributed by atoms with Crippen molar-refractivity contribution in [2.45, 2.75) is 31.9 Å². The van der Waals surface area contributed by atoms with Crippen LogP contribution in [0, 0.1) is 10.1 Å². The summed E-state index contributed by atoms with van der Waals surface area (Å²) >= 11 is 1.53. The predicted octanol–water partition coefficient (Wildman–Crippen LogP) is 5.94. The smallest absolute Gasteiger partial charge is 0.416 e. The number of aryl methyl sites for hydroxylation is 2. The highest BCUT2D eigenvalue weighted by atomic mass is 32.1. The van der Waals surface area contributed by atoms with E-state index in [1.54, 1.807) is 18.2 Å². The number of ether oxygens (including phenoxy) is 1. The van der Waals surface area contributed by atoms with Crippen LogP contribution >= 0.6 is 11.3 Å². The largest absolute Gasteiger partial charge is 0.449 e. The highest BCUT2D eigenvalue weighted by molar-refractivity contribution is 7.18. The second-order valence-electron chi connectivity index (χ2n) is 8.11. The molecule has 1 aliphatic rings. The van der Waals surface area contributed by atoms with E-state index < -0.39 is 22.4 Å². The van der Waals surface area contributed by atoms with Crippen molar-refractivity contribution < 1.29 is 22.8 Å². The summed E-state index contributed by atoms with van der Waals surface area (Å²) in [5, 5.41) is 16.2. The molecule has 0 atom stereocenters. The third kappa shape index (κ3) is 4.47. The number of para-hydroxylation sites is 1. The summed E-state index contributed by atoms with van der Waals surface area (Å²) in [5.74, 6) is -0.252. The molecular formula is C24H17F3N4O4S. The Labute approximate surface area is 205 Å². The number of aromatic nitrogens is 2. The van der Waals surface area contributed by atoms with Crippen LogP contribution in [0.5, 0.6) is 11.5 Å². The summed E-state index contributed by atoms with van der Waals surface area (Å²) in [6.07, 6.45) is 1.77. The van der Waals surface area contributed by atoms with Crippen molar-refractivity contribution in [3.8, 4) is 11.5 Å². The van der Waals surface area contributed by atoms with Gasteiger partial charge in [-0.25, -0.2) is 4.98 Å². The molecular weight excluding hydrogens is 497 g/mol. The molecule has 0 spiro atoms. The molecule has 2 aromatic carbocycles. The van der Waals surface area contributed by atoms with Gasteiger partial charge in [0.05, 0.1) is 22.1 Å². The van der Waals surface area contributed by atoms with Crippen molar-refractivity contribution in [1.29, 1.82) is 0 Å². The van der Waals surface area contributed by atoms with Crippen molar-refractivity contribution in [1.82, 2.24) is 9.66 Å². The van der Waals surface area contributed by atoms with Gasteiger partial charge in [0.15, 0.2) is 0 Å². The standard InChI is InChI=1S/C24H17F3N4O4S/c25-24(26,27)15-9-10-19(17(11-15)31(33)34)35-18-7-3-1-5-14(18)12-29-30-13-28-22-21(23(30)32)16-6-2-4-8-20(16)36-22/h1,3,5,7,9-13H,2,4,6,8H2. The molecule has 2 heterocycles. The summed E-state index contributed by atoms with van der Waals surface area (Å²) in [5.41, 5.74) is -0.904. The number of nitro groups is 1. The fraction of sp³-hybridized carbons (Fsp3) is 0.208. The summed E-state index contributed by atoms with van der Waals surface area (Å²) in [6.45, 7) is 0. The van der Waals surface area contributed by atoms with Gasteiger partial charge in [-0.3, -0.25) is 14.9 Å². The average Bonchev–Trinajstić information content (AvgIpc) is 3.23. The van der Waals surface area contributed by atoms with Gasteiger partial charge in [-0.05, 0) is 55.5 Å². The van der Waals surface area contributed by atoms with E-state index in [4.69, 9.17) is 4.74 Å². The van der Waals surface area contributed by atoms with Crippen molar-refractivity contribution in [2.75, 3.05) is 0 Å². The van der Waals surface area contributed by atoms with Crippen molar-refractivity contribution >= 4 is 33.5 Å². The number of fused-ring (bicyclic) bond motifs is 3. The van der Waals surface area contributed by atoms with Gasteiger partial charge in [-0.15, -0.1) is 11.3 Å². The lowest BCUT2D eigenvalue weighted by molar-refractivity contribution is -0.385. The zero-order valence-corrected chi connectivity index (χ0v) is 19.3. The molecule has 0 N–H and O–H groups in total. The second kappa shape index (κ2) is 9.19.